The molecule has 0 unspecified atom stereocenters. The molecule has 2 N–H and O–H groups in total. The maximum absolute atomic E-state index is 12.6. The molecule has 3 aromatic rings. The van der Waals surface area contributed by atoms with Crippen molar-refractivity contribution in [3.63, 3.8) is 0 Å². The number of carbonyl (C=O) groups is 3. The lowest BCUT2D eigenvalue weighted by Crippen LogP contribution is -2.30. The van der Waals surface area contributed by atoms with Crippen LogP contribution >= 0.6 is 0 Å². The highest BCUT2D eigenvalue weighted by Gasteiger charge is 2.19. The van der Waals surface area contributed by atoms with E-state index < -0.39 is 22.1 Å². The number of nitrogens with zero attached hydrogens (tertiary/aromatic N) is 1. The summed E-state index contributed by atoms with van der Waals surface area (Å²) in [5, 5.41) is 2.80. The quantitative estimate of drug-likeness (QED) is 0.418. The van der Waals surface area contributed by atoms with Crippen LogP contribution in [0.3, 0.4) is 0 Å². The fraction of sp³-hybridized carbons (Fsp3) is 0.200. The Labute approximate surface area is 208 Å². The summed E-state index contributed by atoms with van der Waals surface area (Å²) in [5.74, 6) is -1.19. The number of hydrogen-bond donors (Lipinski definition) is 2. The minimum Gasteiger partial charge on any atom is -0.431 e. The summed E-state index contributed by atoms with van der Waals surface area (Å²) < 4.78 is 36.9. The Morgan fingerprint density at radius 1 is 0.889 bits per heavy atom. The van der Waals surface area contributed by atoms with Crippen LogP contribution in [-0.4, -0.2) is 44.0 Å². The Hall–Kier alpha value is -4.25. The first kappa shape index (κ1) is 26.4. The van der Waals surface area contributed by atoms with E-state index >= 15 is 0 Å². The number of rotatable bonds is 9. The van der Waals surface area contributed by atoms with Gasteiger partial charge in [-0.2, -0.15) is 0 Å². The molecule has 2 aromatic carbocycles. The number of ether oxygens (including phenoxy) is 2. The predicted molar refractivity (Wildman–Crippen MR) is 130 cm³/mol. The van der Waals surface area contributed by atoms with Gasteiger partial charge < -0.3 is 14.8 Å². The zero-order valence-electron chi connectivity index (χ0n) is 19.6. The van der Waals surface area contributed by atoms with Crippen molar-refractivity contribution in [3.8, 4) is 5.88 Å². The molecule has 0 aliphatic heterocycles. The van der Waals surface area contributed by atoms with Crippen molar-refractivity contribution < 1.29 is 32.3 Å². The van der Waals surface area contributed by atoms with Crippen molar-refractivity contribution in [2.24, 2.45) is 0 Å². The van der Waals surface area contributed by atoms with E-state index in [1.54, 1.807) is 50.2 Å². The molecule has 10 nitrogen and oxygen atoms in total. The van der Waals surface area contributed by atoms with Crippen molar-refractivity contribution in [1.82, 2.24) is 15.0 Å². The molecule has 188 valence electrons. The van der Waals surface area contributed by atoms with Crippen LogP contribution in [0.5, 0.6) is 5.88 Å². The highest BCUT2D eigenvalue weighted by Crippen LogP contribution is 2.13. The Balaban J connectivity index is 1.53. The van der Waals surface area contributed by atoms with Gasteiger partial charge in [-0.3, -0.25) is 9.59 Å². The summed E-state index contributed by atoms with van der Waals surface area (Å²) in [4.78, 5) is 39.7. The largest absolute Gasteiger partial charge is 0.515 e. The monoisotopic (exact) mass is 511 g/mol. The minimum atomic E-state index is -4.14. The molecule has 0 saturated heterocycles. The number of aromatic nitrogens is 1. The molecule has 1 heterocycles. The second-order valence-corrected chi connectivity index (χ2v) is 9.54. The highest BCUT2D eigenvalue weighted by molar-refractivity contribution is 7.90. The van der Waals surface area contributed by atoms with Gasteiger partial charge in [0.15, 0.2) is 0 Å². The molecule has 0 fully saturated rings. The van der Waals surface area contributed by atoms with E-state index in [2.05, 4.69) is 10.3 Å². The van der Waals surface area contributed by atoms with E-state index in [9.17, 15) is 22.8 Å². The van der Waals surface area contributed by atoms with Crippen LogP contribution in [0.1, 0.15) is 40.1 Å². The standard InChI is InChI=1S/C25H25N3O7S/c1-17(2)34-25(31)35-22-13-10-20(16-27-22)24(30)28-36(32,33)21-11-8-18(9-12-21)14-15-26-23(29)19-6-4-3-5-7-19/h3-13,16-17H,14-15H2,1-2H3,(H,26,29)(H,28,30). The third-order valence-electron chi connectivity index (χ3n) is 4.71. The molecule has 0 spiro atoms. The number of nitrogens with one attached hydrogen (secondary N) is 2. The molecular weight excluding hydrogens is 486 g/mol. The SMILES string of the molecule is CC(C)OC(=O)Oc1ccc(C(=O)NS(=O)(=O)c2ccc(CCNC(=O)c3ccccc3)cc2)cn1. The van der Waals surface area contributed by atoms with Gasteiger partial charge in [0.2, 0.25) is 5.88 Å². The van der Waals surface area contributed by atoms with Crippen LogP contribution in [0.2, 0.25) is 0 Å². The lowest BCUT2D eigenvalue weighted by Gasteiger charge is -2.09. The zero-order chi connectivity index (χ0) is 26.1. The number of benzene rings is 2. The lowest BCUT2D eigenvalue weighted by molar-refractivity contribution is 0.0715. The van der Waals surface area contributed by atoms with Crippen molar-refractivity contribution in [2.45, 2.75) is 31.3 Å². The average Bonchev–Trinajstić information content (AvgIpc) is 2.84. The van der Waals surface area contributed by atoms with Crippen LogP contribution in [0.15, 0.2) is 77.8 Å². The summed E-state index contributed by atoms with van der Waals surface area (Å²) in [6.07, 6.45) is 0.257. The maximum Gasteiger partial charge on any atom is 0.515 e. The third kappa shape index (κ3) is 7.64. The molecule has 3 rings (SSSR count). The van der Waals surface area contributed by atoms with Gasteiger partial charge in [0.1, 0.15) is 0 Å². The molecule has 11 heteroatoms. The Kier molecular flexibility index (Phi) is 8.74. The van der Waals surface area contributed by atoms with E-state index in [-0.39, 0.29) is 28.4 Å². The minimum absolute atomic E-state index is 0.0473. The molecule has 0 saturated carbocycles. The predicted octanol–water partition coefficient (Wildman–Crippen LogP) is 3.10. The van der Waals surface area contributed by atoms with E-state index in [0.717, 1.165) is 11.8 Å². The number of carbonyl (C=O) groups excluding carboxylic acids is 3. The van der Waals surface area contributed by atoms with E-state index in [4.69, 9.17) is 9.47 Å². The summed E-state index contributed by atoms with van der Waals surface area (Å²) in [6, 6.07) is 17.3. The van der Waals surface area contributed by atoms with Gasteiger partial charge in [-0.25, -0.2) is 22.9 Å². The molecule has 0 atom stereocenters. The van der Waals surface area contributed by atoms with Gasteiger partial charge in [-0.05, 0) is 56.2 Å². The Bertz CT molecular complexity index is 1310. The molecule has 0 radical (unpaired) electrons. The van der Waals surface area contributed by atoms with Crippen molar-refractivity contribution in [1.29, 1.82) is 0 Å². The average molecular weight is 512 g/mol. The first-order chi connectivity index (χ1) is 17.1. The molecule has 0 aliphatic rings. The second-order valence-electron chi connectivity index (χ2n) is 7.85. The molecule has 36 heavy (non-hydrogen) atoms. The molecule has 1 aromatic heterocycles. The van der Waals surface area contributed by atoms with Crippen LogP contribution in [0.25, 0.3) is 0 Å². The molecular formula is C25H25N3O7S. The van der Waals surface area contributed by atoms with E-state index in [1.165, 1.54) is 24.3 Å². The van der Waals surface area contributed by atoms with Crippen LogP contribution < -0.4 is 14.8 Å². The number of amides is 2. The highest BCUT2D eigenvalue weighted by atomic mass is 32.2. The number of hydrogen-bond acceptors (Lipinski definition) is 8. The topological polar surface area (TPSA) is 141 Å². The van der Waals surface area contributed by atoms with Gasteiger partial charge in [0, 0.05) is 24.4 Å². The number of pyridine rings is 1. The normalized spacial score (nSPS) is 11.0. The fourth-order valence-electron chi connectivity index (χ4n) is 2.96. The smallest absolute Gasteiger partial charge is 0.431 e. The lowest BCUT2D eigenvalue weighted by atomic mass is 10.1. The fourth-order valence-corrected chi connectivity index (χ4v) is 3.94. The van der Waals surface area contributed by atoms with Crippen molar-refractivity contribution in [2.75, 3.05) is 6.54 Å². The van der Waals surface area contributed by atoms with Gasteiger partial charge in [0.25, 0.3) is 21.8 Å². The van der Waals surface area contributed by atoms with Gasteiger partial charge in [0.05, 0.1) is 16.6 Å². The zero-order valence-corrected chi connectivity index (χ0v) is 20.4. The Morgan fingerprint density at radius 3 is 2.19 bits per heavy atom. The second kappa shape index (κ2) is 11.9. The summed E-state index contributed by atoms with van der Waals surface area (Å²) in [7, 11) is -4.14. The number of sulfonamides is 1. The maximum atomic E-state index is 12.6. The first-order valence-corrected chi connectivity index (χ1v) is 12.5. The summed E-state index contributed by atoms with van der Waals surface area (Å²) >= 11 is 0. The van der Waals surface area contributed by atoms with Gasteiger partial charge >= 0.3 is 6.16 Å². The molecule has 0 aliphatic carbocycles. The van der Waals surface area contributed by atoms with Crippen molar-refractivity contribution in [3.05, 3.63) is 89.6 Å². The van der Waals surface area contributed by atoms with E-state index in [0.29, 0.717) is 18.5 Å². The van der Waals surface area contributed by atoms with Crippen molar-refractivity contribution >= 4 is 28.0 Å². The van der Waals surface area contributed by atoms with Crippen LogP contribution in [0.4, 0.5) is 4.79 Å². The molecule has 0 bridgehead atoms. The van der Waals surface area contributed by atoms with Crippen LogP contribution in [-0.2, 0) is 21.2 Å². The first-order valence-electron chi connectivity index (χ1n) is 11.0. The Morgan fingerprint density at radius 2 is 1.58 bits per heavy atom. The summed E-state index contributed by atoms with van der Waals surface area (Å²) in [6.45, 7) is 3.68. The summed E-state index contributed by atoms with van der Waals surface area (Å²) in [5.41, 5.74) is 1.32. The third-order valence-corrected chi connectivity index (χ3v) is 6.06. The van der Waals surface area contributed by atoms with E-state index in [1.807, 2.05) is 10.8 Å². The molecule has 2 amide bonds. The van der Waals surface area contributed by atoms with Gasteiger partial charge in [-0.1, -0.05) is 30.3 Å². The van der Waals surface area contributed by atoms with Gasteiger partial charge in [-0.15, -0.1) is 0 Å². The van der Waals surface area contributed by atoms with Crippen LogP contribution in [0, 0.1) is 0 Å².